The predicted molar refractivity (Wildman–Crippen MR) is 234 cm³/mol. The Morgan fingerprint density at radius 3 is 1.61 bits per heavy atom. The smallest absolute Gasteiger partial charge is 0.416 e. The number of aromatic carboxylic acids is 1. The Balaban J connectivity index is 0.902. The SMILES string of the molecule is CC(=O)NCCOCCOCCOCCOCCOCCOCCOCCC(=O)N1CCC(c2ccc(-c3cc(C(=O)O)cc4cc(-c5ccc(C(F)(F)F)cc5)ccc34)cc2)CC1. The van der Waals surface area contributed by atoms with E-state index < -0.39 is 17.7 Å². The van der Waals surface area contributed by atoms with Crippen molar-refractivity contribution in [1.29, 1.82) is 0 Å². The summed E-state index contributed by atoms with van der Waals surface area (Å²) in [5, 5.41) is 14.1. The third-order valence-corrected chi connectivity index (χ3v) is 10.6. The second-order valence-electron chi connectivity index (χ2n) is 15.1. The third kappa shape index (κ3) is 16.9. The highest BCUT2D eigenvalue weighted by molar-refractivity contribution is 6.04. The highest BCUT2D eigenvalue weighted by Crippen LogP contribution is 2.36. The fourth-order valence-corrected chi connectivity index (χ4v) is 7.20. The number of rotatable bonds is 28. The topological polar surface area (TPSA) is 151 Å². The van der Waals surface area contributed by atoms with Crippen LogP contribution in [0.1, 0.15) is 53.6 Å². The number of alkyl halides is 3. The summed E-state index contributed by atoms with van der Waals surface area (Å²) in [6.07, 6.45) is -2.48. The first-order valence-corrected chi connectivity index (χ1v) is 21.6. The Morgan fingerprint density at radius 2 is 1.11 bits per heavy atom. The van der Waals surface area contributed by atoms with Crippen molar-refractivity contribution in [3.63, 3.8) is 0 Å². The molecule has 348 valence electrons. The van der Waals surface area contributed by atoms with Gasteiger partial charge >= 0.3 is 12.1 Å². The van der Waals surface area contributed by atoms with Crippen LogP contribution in [-0.4, -0.2) is 140 Å². The molecule has 0 aliphatic carbocycles. The minimum Gasteiger partial charge on any atom is -0.478 e. The number of nitrogens with zero attached hydrogens (tertiary/aromatic N) is 1. The van der Waals surface area contributed by atoms with E-state index in [4.69, 9.17) is 33.2 Å². The van der Waals surface area contributed by atoms with Gasteiger partial charge in [0.25, 0.3) is 0 Å². The van der Waals surface area contributed by atoms with Crippen molar-refractivity contribution in [2.24, 2.45) is 0 Å². The van der Waals surface area contributed by atoms with E-state index in [2.05, 4.69) is 17.4 Å². The van der Waals surface area contributed by atoms with Gasteiger partial charge in [-0.3, -0.25) is 9.59 Å². The zero-order valence-electron chi connectivity index (χ0n) is 36.3. The van der Waals surface area contributed by atoms with E-state index in [9.17, 15) is 32.7 Å². The Kier molecular flexibility index (Phi) is 20.9. The number of nitrogens with one attached hydrogen (secondary N) is 1. The number of carboxylic acids is 1. The number of hydrogen-bond donors (Lipinski definition) is 2. The maximum absolute atomic E-state index is 13.1. The van der Waals surface area contributed by atoms with Gasteiger partial charge in [-0.1, -0.05) is 48.5 Å². The summed E-state index contributed by atoms with van der Waals surface area (Å²) in [6.45, 7) is 9.34. The van der Waals surface area contributed by atoms with Gasteiger partial charge in [-0.2, -0.15) is 13.2 Å². The van der Waals surface area contributed by atoms with Gasteiger partial charge < -0.3 is 48.5 Å². The highest BCUT2D eigenvalue weighted by atomic mass is 19.4. The second kappa shape index (κ2) is 26.8. The minimum atomic E-state index is -4.43. The number of carboxylic acid groups (broad SMARTS) is 1. The van der Waals surface area contributed by atoms with Crippen molar-refractivity contribution in [2.45, 2.75) is 38.3 Å². The Morgan fingerprint density at radius 1 is 0.625 bits per heavy atom. The summed E-state index contributed by atoms with van der Waals surface area (Å²) in [4.78, 5) is 37.6. The molecule has 16 heteroatoms. The summed E-state index contributed by atoms with van der Waals surface area (Å²) in [6, 6.07) is 21.7. The number of hydrogen-bond acceptors (Lipinski definition) is 10. The molecule has 0 spiro atoms. The van der Waals surface area contributed by atoms with Crippen molar-refractivity contribution < 1.29 is 65.8 Å². The quantitative estimate of drug-likeness (QED) is 0.0556. The number of amides is 2. The fourth-order valence-electron chi connectivity index (χ4n) is 7.20. The number of likely N-dealkylation sites (tertiary alicyclic amines) is 1. The molecule has 0 saturated carbocycles. The normalized spacial score (nSPS) is 13.4. The lowest BCUT2D eigenvalue weighted by molar-refractivity contribution is -0.137. The van der Waals surface area contributed by atoms with Gasteiger partial charge in [0.05, 0.1) is 110 Å². The van der Waals surface area contributed by atoms with Crippen molar-refractivity contribution in [1.82, 2.24) is 10.2 Å². The van der Waals surface area contributed by atoms with Gasteiger partial charge in [0, 0.05) is 26.6 Å². The van der Waals surface area contributed by atoms with Crippen LogP contribution in [0.4, 0.5) is 13.2 Å². The van der Waals surface area contributed by atoms with Gasteiger partial charge in [-0.05, 0) is 87.7 Å². The second-order valence-corrected chi connectivity index (χ2v) is 15.1. The number of fused-ring (bicyclic) bond motifs is 1. The molecule has 0 radical (unpaired) electrons. The van der Waals surface area contributed by atoms with Crippen LogP contribution < -0.4 is 5.32 Å². The van der Waals surface area contributed by atoms with E-state index in [-0.39, 0.29) is 23.3 Å². The molecule has 64 heavy (non-hydrogen) atoms. The molecule has 0 aromatic heterocycles. The zero-order valence-corrected chi connectivity index (χ0v) is 36.3. The van der Waals surface area contributed by atoms with Crippen LogP contribution in [0.3, 0.4) is 0 Å². The molecular formula is C48H59F3N2O11. The summed E-state index contributed by atoms with van der Waals surface area (Å²) in [7, 11) is 0. The van der Waals surface area contributed by atoms with Crippen LogP contribution in [0.15, 0.2) is 78.9 Å². The molecule has 13 nitrogen and oxygen atoms in total. The number of ether oxygens (including phenoxy) is 7. The molecule has 1 heterocycles. The average molecular weight is 897 g/mol. The predicted octanol–water partition coefficient (Wildman–Crippen LogP) is 7.24. The molecular weight excluding hydrogens is 838 g/mol. The van der Waals surface area contributed by atoms with E-state index in [0.717, 1.165) is 47.1 Å². The first-order valence-electron chi connectivity index (χ1n) is 21.6. The van der Waals surface area contributed by atoms with Crippen LogP contribution in [0.5, 0.6) is 0 Å². The summed E-state index contributed by atoms with van der Waals surface area (Å²) < 4.78 is 77.7. The lowest BCUT2D eigenvalue weighted by atomic mass is 9.87. The Bertz CT molecular complexity index is 2040. The lowest BCUT2D eigenvalue weighted by Crippen LogP contribution is -2.38. The number of piperidine rings is 1. The van der Waals surface area contributed by atoms with Gasteiger partial charge in [-0.15, -0.1) is 0 Å². The average Bonchev–Trinajstić information content (AvgIpc) is 3.29. The standard InChI is InChI=1S/C48H59F3N2O11/c1-35(54)52-15-19-59-21-23-61-25-27-63-29-31-64-30-28-62-26-24-60-22-20-58-18-14-46(55)53-16-12-38(13-17-53)36-2-4-39(5-3-36)45-34-42(47(56)57)33-41-32-40(8-11-44(41)45)37-6-9-43(10-7-37)48(49,50)51/h2-11,32-34,38H,12-31H2,1H3,(H,52,54)(H,56,57). The Labute approximate surface area is 372 Å². The Hall–Kier alpha value is -4.94. The zero-order chi connectivity index (χ0) is 45.6. The first kappa shape index (κ1) is 50.1. The van der Waals surface area contributed by atoms with Gasteiger partial charge in [0.2, 0.25) is 11.8 Å². The molecule has 1 aliphatic rings. The van der Waals surface area contributed by atoms with Crippen molar-refractivity contribution in [3.05, 3.63) is 95.6 Å². The monoisotopic (exact) mass is 896 g/mol. The maximum atomic E-state index is 13.1. The summed E-state index contributed by atoms with van der Waals surface area (Å²) in [5.74, 6) is -0.814. The fraction of sp³-hybridized carbons (Fsp3) is 0.479. The molecule has 1 aliphatic heterocycles. The maximum Gasteiger partial charge on any atom is 0.416 e. The minimum absolute atomic E-state index is 0.0621. The number of carbonyl (C=O) groups is 3. The van der Waals surface area contributed by atoms with Crippen molar-refractivity contribution in [2.75, 3.05) is 112 Å². The van der Waals surface area contributed by atoms with Crippen LogP contribution in [0, 0.1) is 0 Å². The molecule has 5 rings (SSSR count). The molecule has 1 fully saturated rings. The van der Waals surface area contributed by atoms with Crippen molar-refractivity contribution >= 4 is 28.6 Å². The molecule has 2 amide bonds. The van der Waals surface area contributed by atoms with E-state index in [0.29, 0.717) is 135 Å². The molecule has 1 saturated heterocycles. The molecule has 0 atom stereocenters. The van der Waals surface area contributed by atoms with Crippen LogP contribution in [0.2, 0.25) is 0 Å². The number of halogens is 3. The number of benzene rings is 4. The number of carbonyl (C=O) groups excluding carboxylic acids is 2. The summed E-state index contributed by atoms with van der Waals surface area (Å²) >= 11 is 0. The van der Waals surface area contributed by atoms with Crippen molar-refractivity contribution in [3.8, 4) is 22.3 Å². The van der Waals surface area contributed by atoms with E-state index in [1.54, 1.807) is 18.2 Å². The van der Waals surface area contributed by atoms with Gasteiger partial charge in [0.1, 0.15) is 0 Å². The van der Waals surface area contributed by atoms with E-state index >= 15 is 0 Å². The van der Waals surface area contributed by atoms with E-state index in [1.165, 1.54) is 19.1 Å². The third-order valence-electron chi connectivity index (χ3n) is 10.6. The molecule has 4 aromatic carbocycles. The van der Waals surface area contributed by atoms with Crippen LogP contribution >= 0.6 is 0 Å². The summed E-state index contributed by atoms with van der Waals surface area (Å²) in [5.41, 5.74) is 3.40. The van der Waals surface area contributed by atoms with Crippen LogP contribution in [0.25, 0.3) is 33.0 Å². The lowest BCUT2D eigenvalue weighted by Gasteiger charge is -2.32. The molecule has 2 N–H and O–H groups in total. The molecule has 0 bridgehead atoms. The highest BCUT2D eigenvalue weighted by Gasteiger charge is 2.30. The van der Waals surface area contributed by atoms with Crippen LogP contribution in [-0.2, 0) is 48.9 Å². The first-order chi connectivity index (χ1) is 31.0. The van der Waals surface area contributed by atoms with Gasteiger partial charge in [0.15, 0.2) is 0 Å². The van der Waals surface area contributed by atoms with E-state index in [1.807, 2.05) is 29.2 Å². The van der Waals surface area contributed by atoms with Gasteiger partial charge in [-0.25, -0.2) is 4.79 Å². The molecule has 0 unspecified atom stereocenters. The molecule has 4 aromatic rings. The largest absolute Gasteiger partial charge is 0.478 e.